The summed E-state index contributed by atoms with van der Waals surface area (Å²) in [5, 5.41) is 37.4. The molecule has 0 atom stereocenters. The summed E-state index contributed by atoms with van der Waals surface area (Å²) in [7, 11) is 0. The minimum atomic E-state index is -0.450. The van der Waals surface area contributed by atoms with Gasteiger partial charge in [-0.3, -0.25) is 10.1 Å². The molecule has 8 heteroatoms. The van der Waals surface area contributed by atoms with Gasteiger partial charge in [-0.15, -0.1) is 5.10 Å². The molecule has 0 spiro atoms. The molecule has 0 saturated carbocycles. The van der Waals surface area contributed by atoms with E-state index in [1.54, 1.807) is 29.1 Å². The maximum atomic E-state index is 10.6. The molecule has 116 valence electrons. The highest BCUT2D eigenvalue weighted by Gasteiger charge is 2.08. The highest BCUT2D eigenvalue weighted by Crippen LogP contribution is 2.29. The van der Waals surface area contributed by atoms with E-state index in [0.717, 1.165) is 5.56 Å². The lowest BCUT2D eigenvalue weighted by Gasteiger charge is -2.01. The Hall–Kier alpha value is -3.42. The van der Waals surface area contributed by atoms with E-state index in [9.17, 15) is 20.3 Å². The maximum Gasteiger partial charge on any atom is 0.269 e. The molecule has 2 N–H and O–H groups in total. The molecular formula is C15H12N4O4. The van der Waals surface area contributed by atoms with E-state index in [4.69, 9.17) is 0 Å². The fourth-order valence-electron chi connectivity index (χ4n) is 2.10. The molecule has 0 fully saturated rings. The van der Waals surface area contributed by atoms with Crippen LogP contribution in [-0.4, -0.2) is 30.1 Å². The number of aromatic hydroxyl groups is 2. The summed E-state index contributed by atoms with van der Waals surface area (Å²) in [4.78, 5) is 10.2. The van der Waals surface area contributed by atoms with Gasteiger partial charge < -0.3 is 10.2 Å². The van der Waals surface area contributed by atoms with Crippen molar-refractivity contribution in [2.24, 2.45) is 0 Å². The topological polar surface area (TPSA) is 114 Å². The molecular weight excluding hydrogens is 300 g/mol. The zero-order valence-corrected chi connectivity index (χ0v) is 11.8. The Morgan fingerprint density at radius 3 is 2.48 bits per heavy atom. The van der Waals surface area contributed by atoms with E-state index in [1.807, 2.05) is 0 Å². The van der Waals surface area contributed by atoms with Crippen LogP contribution >= 0.6 is 0 Å². The summed E-state index contributed by atoms with van der Waals surface area (Å²) >= 11 is 0. The molecule has 8 nitrogen and oxygen atoms in total. The van der Waals surface area contributed by atoms with Crippen LogP contribution in [0.15, 0.2) is 48.7 Å². The van der Waals surface area contributed by atoms with Crippen molar-refractivity contribution in [2.75, 3.05) is 0 Å². The Morgan fingerprint density at radius 2 is 1.83 bits per heavy atom. The summed E-state index contributed by atoms with van der Waals surface area (Å²) in [5.74, 6) is -0.431. The van der Waals surface area contributed by atoms with Crippen LogP contribution < -0.4 is 0 Å². The molecule has 0 aliphatic rings. The SMILES string of the molecule is O=[N+]([O-])c1ccc(Cn2cc(-c3ccc(O)c(O)c3)nn2)cc1. The zero-order valence-electron chi connectivity index (χ0n) is 11.8. The van der Waals surface area contributed by atoms with Crippen molar-refractivity contribution >= 4 is 5.69 Å². The number of hydrogen-bond donors (Lipinski definition) is 2. The fraction of sp³-hybridized carbons (Fsp3) is 0.0667. The van der Waals surface area contributed by atoms with E-state index in [0.29, 0.717) is 17.8 Å². The minimum absolute atomic E-state index is 0.0348. The van der Waals surface area contributed by atoms with Crippen molar-refractivity contribution in [3.05, 3.63) is 64.3 Å². The lowest BCUT2D eigenvalue weighted by molar-refractivity contribution is -0.384. The van der Waals surface area contributed by atoms with Gasteiger partial charge in [-0.05, 0) is 23.8 Å². The van der Waals surface area contributed by atoms with Crippen LogP contribution in [0.3, 0.4) is 0 Å². The average Bonchev–Trinajstić information content (AvgIpc) is 2.99. The Labute approximate surface area is 130 Å². The van der Waals surface area contributed by atoms with Gasteiger partial charge in [-0.1, -0.05) is 17.3 Å². The summed E-state index contributed by atoms with van der Waals surface area (Å²) < 4.78 is 1.58. The Morgan fingerprint density at radius 1 is 1.09 bits per heavy atom. The average molecular weight is 312 g/mol. The number of benzene rings is 2. The third kappa shape index (κ3) is 3.10. The quantitative estimate of drug-likeness (QED) is 0.434. The van der Waals surface area contributed by atoms with Crippen molar-refractivity contribution < 1.29 is 15.1 Å². The van der Waals surface area contributed by atoms with Crippen LogP contribution in [0.5, 0.6) is 11.5 Å². The number of nitrogens with zero attached hydrogens (tertiary/aromatic N) is 4. The fourth-order valence-corrected chi connectivity index (χ4v) is 2.10. The van der Waals surface area contributed by atoms with Gasteiger partial charge in [0.2, 0.25) is 0 Å². The van der Waals surface area contributed by atoms with Gasteiger partial charge >= 0.3 is 0 Å². The molecule has 23 heavy (non-hydrogen) atoms. The highest BCUT2D eigenvalue weighted by molar-refractivity contribution is 5.62. The lowest BCUT2D eigenvalue weighted by atomic mass is 10.1. The summed E-state index contributed by atoms with van der Waals surface area (Å²) in [6, 6.07) is 10.6. The molecule has 0 aliphatic carbocycles. The first-order chi connectivity index (χ1) is 11.0. The normalized spacial score (nSPS) is 10.6. The number of rotatable bonds is 4. The third-order valence-corrected chi connectivity index (χ3v) is 3.30. The monoisotopic (exact) mass is 312 g/mol. The van der Waals surface area contributed by atoms with E-state index < -0.39 is 4.92 Å². The molecule has 0 radical (unpaired) electrons. The van der Waals surface area contributed by atoms with Gasteiger partial charge in [0.05, 0.1) is 17.7 Å². The molecule has 2 aromatic carbocycles. The molecule has 0 bridgehead atoms. The highest BCUT2D eigenvalue weighted by atomic mass is 16.6. The van der Waals surface area contributed by atoms with Gasteiger partial charge in [-0.2, -0.15) is 0 Å². The van der Waals surface area contributed by atoms with Crippen molar-refractivity contribution in [3.8, 4) is 22.8 Å². The molecule has 0 amide bonds. The van der Waals surface area contributed by atoms with E-state index in [2.05, 4.69) is 10.3 Å². The van der Waals surface area contributed by atoms with Crippen LogP contribution in [0.2, 0.25) is 0 Å². The predicted molar refractivity (Wildman–Crippen MR) is 81.0 cm³/mol. The predicted octanol–water partition coefficient (Wildman–Crippen LogP) is 2.31. The van der Waals surface area contributed by atoms with Gasteiger partial charge in [-0.25, -0.2) is 4.68 Å². The second-order valence-corrected chi connectivity index (χ2v) is 4.93. The van der Waals surface area contributed by atoms with Crippen LogP contribution in [0, 0.1) is 10.1 Å². The van der Waals surface area contributed by atoms with E-state index in [1.165, 1.54) is 24.3 Å². The maximum absolute atomic E-state index is 10.6. The van der Waals surface area contributed by atoms with Gasteiger partial charge in [0.15, 0.2) is 11.5 Å². The number of hydrogen-bond acceptors (Lipinski definition) is 6. The minimum Gasteiger partial charge on any atom is -0.504 e. The molecule has 3 rings (SSSR count). The van der Waals surface area contributed by atoms with Crippen molar-refractivity contribution in [3.63, 3.8) is 0 Å². The Kier molecular flexibility index (Phi) is 3.63. The molecule has 1 heterocycles. The largest absolute Gasteiger partial charge is 0.504 e. The van der Waals surface area contributed by atoms with Crippen molar-refractivity contribution in [2.45, 2.75) is 6.54 Å². The van der Waals surface area contributed by atoms with Crippen molar-refractivity contribution in [1.29, 1.82) is 0 Å². The molecule has 0 unspecified atom stereocenters. The Balaban J connectivity index is 1.79. The second kappa shape index (κ2) is 5.76. The number of non-ortho nitro benzene ring substituents is 1. The van der Waals surface area contributed by atoms with Crippen LogP contribution in [0.25, 0.3) is 11.3 Å². The molecule has 0 aliphatic heterocycles. The number of nitro groups is 1. The van der Waals surface area contributed by atoms with Gasteiger partial charge in [0.1, 0.15) is 5.69 Å². The van der Waals surface area contributed by atoms with E-state index >= 15 is 0 Å². The summed E-state index contributed by atoms with van der Waals surface area (Å²) in [6.45, 7) is 0.412. The standard InChI is InChI=1S/C15H12N4O4/c20-14-6-3-11(7-15(14)21)13-9-18(17-16-13)8-10-1-4-12(5-2-10)19(22)23/h1-7,9,20-21H,8H2. The first kappa shape index (κ1) is 14.5. The second-order valence-electron chi connectivity index (χ2n) is 4.93. The lowest BCUT2D eigenvalue weighted by Crippen LogP contribution is -2.00. The van der Waals surface area contributed by atoms with Crippen LogP contribution in [0.1, 0.15) is 5.56 Å². The molecule has 3 aromatic rings. The first-order valence-corrected chi connectivity index (χ1v) is 6.69. The van der Waals surface area contributed by atoms with Gasteiger partial charge in [0.25, 0.3) is 5.69 Å². The summed E-state index contributed by atoms with van der Waals surface area (Å²) in [5.41, 5.74) is 2.05. The van der Waals surface area contributed by atoms with E-state index in [-0.39, 0.29) is 17.2 Å². The number of nitro benzene ring substituents is 1. The summed E-state index contributed by atoms with van der Waals surface area (Å²) in [6.07, 6.45) is 1.69. The van der Waals surface area contributed by atoms with Crippen LogP contribution in [-0.2, 0) is 6.54 Å². The van der Waals surface area contributed by atoms with Crippen LogP contribution in [0.4, 0.5) is 5.69 Å². The third-order valence-electron chi connectivity index (χ3n) is 3.30. The number of aromatic nitrogens is 3. The first-order valence-electron chi connectivity index (χ1n) is 6.69. The van der Waals surface area contributed by atoms with Gasteiger partial charge in [0, 0.05) is 17.7 Å². The smallest absolute Gasteiger partial charge is 0.269 e. The number of phenols is 2. The molecule has 1 aromatic heterocycles. The molecule has 0 saturated heterocycles. The Bertz CT molecular complexity index is 858. The van der Waals surface area contributed by atoms with Crippen molar-refractivity contribution in [1.82, 2.24) is 15.0 Å². The number of phenolic OH excluding ortho intramolecular Hbond substituents is 2. The zero-order chi connectivity index (χ0) is 16.4.